The molecule has 0 heterocycles. The first kappa shape index (κ1) is 21.2. The summed E-state index contributed by atoms with van der Waals surface area (Å²) in [7, 11) is 0. The van der Waals surface area contributed by atoms with Gasteiger partial charge in [-0.25, -0.2) is 4.79 Å². The molecule has 0 amide bonds. The summed E-state index contributed by atoms with van der Waals surface area (Å²) in [6.07, 6.45) is 9.09. The zero-order chi connectivity index (χ0) is 20.5. The summed E-state index contributed by atoms with van der Waals surface area (Å²) in [6, 6.07) is 16.3. The van der Waals surface area contributed by atoms with Crippen molar-refractivity contribution in [1.82, 2.24) is 0 Å². The maximum atomic E-state index is 12.3. The van der Waals surface area contributed by atoms with Crippen molar-refractivity contribution in [2.24, 2.45) is 0 Å². The number of benzene rings is 3. The Bertz CT molecular complexity index is 945. The molecule has 0 aromatic heterocycles. The monoisotopic (exact) mass is 392 g/mol. The van der Waals surface area contributed by atoms with Crippen LogP contribution in [0.15, 0.2) is 48.5 Å². The normalized spacial score (nSPS) is 11.1. The van der Waals surface area contributed by atoms with Gasteiger partial charge in [0.15, 0.2) is 0 Å². The topological polar surface area (TPSA) is 35.5 Å². The van der Waals surface area contributed by atoms with E-state index in [4.69, 9.17) is 9.47 Å². The fourth-order valence-electron chi connectivity index (χ4n) is 3.75. The Kier molecular flexibility index (Phi) is 7.92. The highest BCUT2D eigenvalue weighted by Gasteiger charge is 2.14. The van der Waals surface area contributed by atoms with Crippen LogP contribution in [0.2, 0.25) is 0 Å². The summed E-state index contributed by atoms with van der Waals surface area (Å²) in [5.74, 6) is 0.586. The highest BCUT2D eigenvalue weighted by Crippen LogP contribution is 2.35. The Hall–Kier alpha value is -2.55. The van der Waals surface area contributed by atoms with Gasteiger partial charge in [-0.1, -0.05) is 93.8 Å². The van der Waals surface area contributed by atoms with Gasteiger partial charge in [0.05, 0.1) is 6.61 Å². The van der Waals surface area contributed by atoms with Gasteiger partial charge in [-0.3, -0.25) is 0 Å². The molecule has 0 saturated heterocycles. The molecule has 3 heteroatoms. The van der Waals surface area contributed by atoms with Crippen molar-refractivity contribution in [3.8, 4) is 5.75 Å². The summed E-state index contributed by atoms with van der Waals surface area (Å²) in [5.41, 5.74) is 1.13. The van der Waals surface area contributed by atoms with Crippen LogP contribution in [0.4, 0.5) is 4.79 Å². The molecule has 0 N–H and O–H groups in total. The third kappa shape index (κ3) is 5.96. The summed E-state index contributed by atoms with van der Waals surface area (Å²) in [5, 5.41) is 3.97. The molecule has 154 valence electrons. The van der Waals surface area contributed by atoms with Crippen LogP contribution in [0.1, 0.15) is 63.9 Å². The smallest absolute Gasteiger partial charge is 0.434 e. The summed E-state index contributed by atoms with van der Waals surface area (Å²) in [6.45, 7) is 4.69. The van der Waals surface area contributed by atoms with Crippen LogP contribution >= 0.6 is 0 Å². The first-order chi connectivity index (χ1) is 14.2. The molecule has 0 unspecified atom stereocenters. The second-order valence-electron chi connectivity index (χ2n) is 7.83. The lowest BCUT2D eigenvalue weighted by molar-refractivity contribution is 0.0982. The van der Waals surface area contributed by atoms with Crippen LogP contribution < -0.4 is 4.74 Å². The molecule has 3 rings (SSSR count). The van der Waals surface area contributed by atoms with Crippen molar-refractivity contribution in [3.05, 3.63) is 54.1 Å². The molecule has 0 atom stereocenters. The van der Waals surface area contributed by atoms with Gasteiger partial charge < -0.3 is 9.47 Å². The van der Waals surface area contributed by atoms with E-state index in [0.29, 0.717) is 12.4 Å². The number of unbranched alkanes of at least 4 members (excludes halogenated alkanes) is 7. The fourth-order valence-corrected chi connectivity index (χ4v) is 3.75. The molecule has 0 fully saturated rings. The average Bonchev–Trinajstić information content (AvgIpc) is 2.73. The summed E-state index contributed by atoms with van der Waals surface area (Å²) in [4.78, 5) is 12.3. The van der Waals surface area contributed by atoms with E-state index in [1.807, 2.05) is 31.2 Å². The number of carbonyl (C=O) groups excluding carboxylic acids is 1. The maximum absolute atomic E-state index is 12.3. The largest absolute Gasteiger partial charge is 0.513 e. The van der Waals surface area contributed by atoms with E-state index in [-0.39, 0.29) is 0 Å². The van der Waals surface area contributed by atoms with E-state index < -0.39 is 6.16 Å². The van der Waals surface area contributed by atoms with Gasteiger partial charge in [0.1, 0.15) is 5.75 Å². The van der Waals surface area contributed by atoms with Crippen molar-refractivity contribution >= 4 is 27.7 Å². The minimum atomic E-state index is -0.618. The number of fused-ring (bicyclic) bond motifs is 2. The number of hydrogen-bond donors (Lipinski definition) is 0. The van der Waals surface area contributed by atoms with Gasteiger partial charge in [-0.05, 0) is 36.2 Å². The summed E-state index contributed by atoms with van der Waals surface area (Å²) < 4.78 is 11.1. The third-order valence-corrected chi connectivity index (χ3v) is 5.37. The Morgan fingerprint density at radius 1 is 0.793 bits per heavy atom. The van der Waals surface area contributed by atoms with Crippen LogP contribution in [0.25, 0.3) is 21.5 Å². The lowest BCUT2D eigenvalue weighted by Gasteiger charge is -2.12. The molecule has 0 aliphatic heterocycles. The van der Waals surface area contributed by atoms with E-state index in [1.54, 1.807) is 0 Å². The standard InChI is InChI=1S/C26H32O3/c1-3-4-5-6-7-8-9-12-17-28-26(27)29-25-23-14-11-10-13-21(23)19-22-16-15-20(2)18-24(22)25/h10-11,13-16,18-19H,3-9,12,17H2,1-2H3. The van der Waals surface area contributed by atoms with Crippen molar-refractivity contribution in [2.45, 2.75) is 65.2 Å². The first-order valence-electron chi connectivity index (χ1n) is 11.0. The molecule has 3 aromatic carbocycles. The van der Waals surface area contributed by atoms with Crippen molar-refractivity contribution in [1.29, 1.82) is 0 Å². The van der Waals surface area contributed by atoms with Crippen molar-refractivity contribution in [3.63, 3.8) is 0 Å². The predicted octanol–water partition coefficient (Wildman–Crippen LogP) is 7.96. The number of aryl methyl sites for hydroxylation is 1. The maximum Gasteiger partial charge on any atom is 0.513 e. The van der Waals surface area contributed by atoms with Crippen LogP contribution in [-0.2, 0) is 4.74 Å². The molecule has 3 nitrogen and oxygen atoms in total. The van der Waals surface area contributed by atoms with Crippen LogP contribution in [-0.4, -0.2) is 12.8 Å². The van der Waals surface area contributed by atoms with Gasteiger partial charge >= 0.3 is 6.16 Å². The lowest BCUT2D eigenvalue weighted by atomic mass is 10.0. The van der Waals surface area contributed by atoms with E-state index in [1.165, 1.54) is 38.5 Å². The second-order valence-corrected chi connectivity index (χ2v) is 7.83. The van der Waals surface area contributed by atoms with Crippen LogP contribution in [0.3, 0.4) is 0 Å². The minimum absolute atomic E-state index is 0.412. The highest BCUT2D eigenvalue weighted by atomic mass is 16.7. The molecule has 0 saturated carbocycles. The SMILES string of the molecule is CCCCCCCCCCOC(=O)Oc1c2ccccc2cc2ccc(C)cc12. The number of rotatable bonds is 10. The molecule has 0 bridgehead atoms. The predicted molar refractivity (Wildman–Crippen MR) is 121 cm³/mol. The van der Waals surface area contributed by atoms with Gasteiger partial charge in [0.25, 0.3) is 0 Å². The van der Waals surface area contributed by atoms with E-state index in [9.17, 15) is 4.79 Å². The molecule has 0 aliphatic carbocycles. The van der Waals surface area contributed by atoms with Crippen LogP contribution in [0, 0.1) is 6.92 Å². The quantitative estimate of drug-likeness (QED) is 0.152. The fraction of sp³-hybridized carbons (Fsp3) is 0.423. The van der Waals surface area contributed by atoms with Crippen molar-refractivity contribution in [2.75, 3.05) is 6.61 Å². The van der Waals surface area contributed by atoms with Crippen LogP contribution in [0.5, 0.6) is 5.75 Å². The number of carbonyl (C=O) groups is 1. The van der Waals surface area contributed by atoms with Gasteiger partial charge in [0.2, 0.25) is 0 Å². The van der Waals surface area contributed by atoms with E-state index in [0.717, 1.165) is 39.9 Å². The van der Waals surface area contributed by atoms with Gasteiger partial charge in [0, 0.05) is 10.8 Å². The minimum Gasteiger partial charge on any atom is -0.434 e. The average molecular weight is 393 g/mol. The molecular formula is C26H32O3. The zero-order valence-corrected chi connectivity index (χ0v) is 17.7. The Morgan fingerprint density at radius 2 is 1.48 bits per heavy atom. The Morgan fingerprint density at radius 3 is 2.28 bits per heavy atom. The third-order valence-electron chi connectivity index (χ3n) is 5.37. The number of hydrogen-bond acceptors (Lipinski definition) is 3. The highest BCUT2D eigenvalue weighted by molar-refractivity contribution is 6.06. The van der Waals surface area contributed by atoms with Crippen molar-refractivity contribution < 1.29 is 14.3 Å². The first-order valence-corrected chi connectivity index (χ1v) is 11.0. The van der Waals surface area contributed by atoms with Gasteiger partial charge in [-0.15, -0.1) is 0 Å². The van der Waals surface area contributed by atoms with E-state index >= 15 is 0 Å². The summed E-state index contributed by atoms with van der Waals surface area (Å²) >= 11 is 0. The lowest BCUT2D eigenvalue weighted by Crippen LogP contribution is -2.12. The van der Waals surface area contributed by atoms with E-state index in [2.05, 4.69) is 31.2 Å². The Labute approximate surface area is 174 Å². The zero-order valence-electron chi connectivity index (χ0n) is 17.7. The Balaban J connectivity index is 1.57. The molecule has 3 aromatic rings. The molecule has 0 aliphatic rings. The number of ether oxygens (including phenoxy) is 2. The molecule has 0 spiro atoms. The molecule has 0 radical (unpaired) electrons. The second kappa shape index (κ2) is 10.8. The van der Waals surface area contributed by atoms with Gasteiger partial charge in [-0.2, -0.15) is 0 Å². The molecule has 29 heavy (non-hydrogen) atoms. The molecular weight excluding hydrogens is 360 g/mol.